The van der Waals surface area contributed by atoms with Crippen molar-refractivity contribution in [3.63, 3.8) is 0 Å². The summed E-state index contributed by atoms with van der Waals surface area (Å²) < 4.78 is 38.6. The highest BCUT2D eigenvalue weighted by molar-refractivity contribution is 6.07. The molecule has 0 saturated carbocycles. The third kappa shape index (κ3) is 10.8. The summed E-state index contributed by atoms with van der Waals surface area (Å²) in [5.41, 5.74) is 1.05. The second kappa shape index (κ2) is 17.9. The van der Waals surface area contributed by atoms with Gasteiger partial charge in [0.1, 0.15) is 47.8 Å². The molecule has 0 fully saturated rings. The first-order chi connectivity index (χ1) is 25.1. The van der Waals surface area contributed by atoms with Crippen LogP contribution in [0.15, 0.2) is 83.5 Å². The van der Waals surface area contributed by atoms with Gasteiger partial charge >= 0.3 is 12.0 Å². The van der Waals surface area contributed by atoms with E-state index in [0.29, 0.717) is 78.2 Å². The summed E-state index contributed by atoms with van der Waals surface area (Å²) in [6.07, 6.45) is 1.64. The standard InChI is InChI=1S/C38H43N5O9/c1-6-49-36(44)24-48-16-15-47-17-18-50-28-20-25(19-27(21-28)46-5)40-34-22-26(13-14-39-34)51-32-12-11-31(29-9-7-8-10-30(29)32)41-37(45)42-35-23-33(52-43-35)38(2,3)4/h7-14,19-23H,6,15-18,24H2,1-5H3,(H,39,40)(H2,41,42,43,45). The lowest BCUT2D eigenvalue weighted by Gasteiger charge is -2.15. The van der Waals surface area contributed by atoms with Crippen LogP contribution >= 0.6 is 0 Å². The fourth-order valence-electron chi connectivity index (χ4n) is 4.89. The fourth-order valence-corrected chi connectivity index (χ4v) is 4.89. The minimum atomic E-state index is -0.452. The molecule has 0 aliphatic rings. The molecule has 0 aliphatic carbocycles. The van der Waals surface area contributed by atoms with Crippen LogP contribution in [0.25, 0.3) is 10.8 Å². The molecule has 5 rings (SSSR count). The molecule has 0 atom stereocenters. The number of pyridine rings is 1. The summed E-state index contributed by atoms with van der Waals surface area (Å²) in [6, 6.07) is 21.4. The number of nitrogens with zero attached hydrogens (tertiary/aromatic N) is 2. The second-order valence-corrected chi connectivity index (χ2v) is 12.4. The van der Waals surface area contributed by atoms with Gasteiger partial charge in [0.2, 0.25) is 0 Å². The van der Waals surface area contributed by atoms with E-state index in [9.17, 15) is 9.59 Å². The van der Waals surface area contributed by atoms with Gasteiger partial charge in [0.25, 0.3) is 0 Å². The summed E-state index contributed by atoms with van der Waals surface area (Å²) >= 11 is 0. The molecule has 5 aromatic rings. The van der Waals surface area contributed by atoms with E-state index in [1.54, 1.807) is 56.6 Å². The maximum atomic E-state index is 12.9. The van der Waals surface area contributed by atoms with E-state index in [4.69, 9.17) is 32.9 Å². The topological polar surface area (TPSA) is 165 Å². The van der Waals surface area contributed by atoms with Crippen molar-refractivity contribution in [1.82, 2.24) is 10.1 Å². The number of fused-ring (bicyclic) bond motifs is 1. The van der Waals surface area contributed by atoms with Gasteiger partial charge in [-0.25, -0.2) is 14.6 Å². The SMILES string of the molecule is CCOC(=O)COCCOCCOc1cc(Nc2cc(Oc3ccc(NC(=O)Nc4cc(C(C)(C)C)on4)c4ccccc34)ccn2)cc(OC)c1. The number of amides is 2. The van der Waals surface area contributed by atoms with Crippen LogP contribution in [-0.2, 0) is 24.4 Å². The summed E-state index contributed by atoms with van der Waals surface area (Å²) in [5, 5.41) is 14.5. The van der Waals surface area contributed by atoms with Crippen LogP contribution in [0.3, 0.4) is 0 Å². The maximum absolute atomic E-state index is 12.9. The zero-order valence-electron chi connectivity index (χ0n) is 29.8. The average Bonchev–Trinajstić information content (AvgIpc) is 3.60. The van der Waals surface area contributed by atoms with E-state index >= 15 is 0 Å². The number of hydrogen-bond donors (Lipinski definition) is 3. The number of nitrogens with one attached hydrogen (secondary N) is 3. The molecule has 3 N–H and O–H groups in total. The largest absolute Gasteiger partial charge is 0.497 e. The van der Waals surface area contributed by atoms with Gasteiger partial charge in [-0.05, 0) is 25.1 Å². The van der Waals surface area contributed by atoms with Gasteiger partial charge in [-0.3, -0.25) is 5.32 Å². The van der Waals surface area contributed by atoms with Crippen LogP contribution in [0.4, 0.5) is 27.8 Å². The zero-order valence-corrected chi connectivity index (χ0v) is 29.8. The highest BCUT2D eigenvalue weighted by atomic mass is 16.6. The second-order valence-electron chi connectivity index (χ2n) is 12.4. The van der Waals surface area contributed by atoms with Gasteiger partial charge < -0.3 is 43.6 Å². The van der Waals surface area contributed by atoms with Gasteiger partial charge in [-0.15, -0.1) is 0 Å². The summed E-state index contributed by atoms with van der Waals surface area (Å²) in [5.74, 6) is 3.41. The Morgan fingerprint density at radius 3 is 2.35 bits per heavy atom. The molecular weight excluding hydrogens is 670 g/mol. The summed E-state index contributed by atoms with van der Waals surface area (Å²) in [6.45, 7) is 9.15. The first-order valence-electron chi connectivity index (χ1n) is 16.7. The highest BCUT2D eigenvalue weighted by Gasteiger charge is 2.20. The highest BCUT2D eigenvalue weighted by Crippen LogP contribution is 2.36. The lowest BCUT2D eigenvalue weighted by molar-refractivity contribution is -0.148. The average molecular weight is 714 g/mol. The Hall–Kier alpha value is -5.86. The van der Waals surface area contributed by atoms with E-state index < -0.39 is 12.0 Å². The van der Waals surface area contributed by atoms with Crippen LogP contribution in [0.2, 0.25) is 0 Å². The number of methoxy groups -OCH3 is 1. The number of benzene rings is 3. The number of carbonyl (C=O) groups excluding carboxylic acids is 2. The number of hydrogen-bond acceptors (Lipinski definition) is 12. The molecule has 3 aromatic carbocycles. The van der Waals surface area contributed by atoms with Crippen molar-refractivity contribution < 1.29 is 42.5 Å². The fraction of sp³-hybridized carbons (Fsp3) is 0.316. The monoisotopic (exact) mass is 713 g/mol. The molecule has 2 aromatic heterocycles. The molecule has 14 nitrogen and oxygen atoms in total. The van der Waals surface area contributed by atoms with Gasteiger partial charge in [0.15, 0.2) is 5.82 Å². The van der Waals surface area contributed by atoms with Crippen molar-refractivity contribution in [2.75, 3.05) is 62.7 Å². The minimum absolute atomic E-state index is 0.105. The lowest BCUT2D eigenvalue weighted by atomic mass is 9.93. The van der Waals surface area contributed by atoms with Crippen LogP contribution in [0, 0.1) is 0 Å². The van der Waals surface area contributed by atoms with Crippen LogP contribution in [-0.4, -0.2) is 68.9 Å². The molecule has 2 heterocycles. The van der Waals surface area contributed by atoms with Crippen molar-refractivity contribution in [3.05, 3.63) is 84.8 Å². The van der Waals surface area contributed by atoms with E-state index in [2.05, 4.69) is 26.1 Å². The van der Waals surface area contributed by atoms with Crippen molar-refractivity contribution in [1.29, 1.82) is 0 Å². The molecule has 0 unspecified atom stereocenters. The van der Waals surface area contributed by atoms with E-state index in [-0.39, 0.29) is 18.6 Å². The number of anilines is 4. The van der Waals surface area contributed by atoms with E-state index in [1.165, 1.54) is 0 Å². The van der Waals surface area contributed by atoms with Gasteiger partial charge in [-0.1, -0.05) is 50.2 Å². The van der Waals surface area contributed by atoms with E-state index in [1.807, 2.05) is 57.2 Å². The smallest absolute Gasteiger partial charge is 0.332 e. The maximum Gasteiger partial charge on any atom is 0.332 e. The Kier molecular flexibility index (Phi) is 12.9. The molecule has 0 spiro atoms. The molecular formula is C38H43N5O9. The number of rotatable bonds is 17. The van der Waals surface area contributed by atoms with Crippen LogP contribution < -0.4 is 30.2 Å². The number of urea groups is 1. The van der Waals surface area contributed by atoms with Crippen molar-refractivity contribution in [2.45, 2.75) is 33.1 Å². The number of carbonyl (C=O) groups is 2. The summed E-state index contributed by atoms with van der Waals surface area (Å²) in [4.78, 5) is 28.6. The molecule has 14 heteroatoms. The predicted octanol–water partition coefficient (Wildman–Crippen LogP) is 7.68. The van der Waals surface area contributed by atoms with E-state index in [0.717, 1.165) is 10.8 Å². The molecule has 0 radical (unpaired) electrons. The first-order valence-corrected chi connectivity index (χ1v) is 16.7. The van der Waals surface area contributed by atoms with Gasteiger partial charge in [0, 0.05) is 58.4 Å². The predicted molar refractivity (Wildman–Crippen MR) is 196 cm³/mol. The van der Waals surface area contributed by atoms with Crippen LogP contribution in [0.5, 0.6) is 23.0 Å². The molecule has 274 valence electrons. The number of aromatic nitrogens is 2. The molecule has 52 heavy (non-hydrogen) atoms. The summed E-state index contributed by atoms with van der Waals surface area (Å²) in [7, 11) is 1.58. The van der Waals surface area contributed by atoms with Gasteiger partial charge in [0.05, 0.1) is 39.2 Å². The quantitative estimate of drug-likeness (QED) is 0.0637. The molecule has 2 amide bonds. The van der Waals surface area contributed by atoms with Crippen molar-refractivity contribution in [2.24, 2.45) is 0 Å². The Balaban J connectivity index is 1.18. The van der Waals surface area contributed by atoms with Crippen molar-refractivity contribution in [3.8, 4) is 23.0 Å². The Labute approximate surface area is 301 Å². The Morgan fingerprint density at radius 2 is 1.58 bits per heavy atom. The molecule has 0 saturated heterocycles. The van der Waals surface area contributed by atoms with Crippen molar-refractivity contribution >= 4 is 45.8 Å². The third-order valence-corrected chi connectivity index (χ3v) is 7.36. The number of esters is 1. The zero-order chi connectivity index (χ0) is 36.9. The van der Waals surface area contributed by atoms with Gasteiger partial charge in [-0.2, -0.15) is 0 Å². The third-order valence-electron chi connectivity index (χ3n) is 7.36. The Morgan fingerprint density at radius 1 is 0.808 bits per heavy atom. The van der Waals surface area contributed by atoms with Crippen LogP contribution in [0.1, 0.15) is 33.5 Å². The molecule has 0 aliphatic heterocycles. The lowest BCUT2D eigenvalue weighted by Crippen LogP contribution is -2.19. The Bertz CT molecular complexity index is 1960. The normalized spacial score (nSPS) is 11.2. The minimum Gasteiger partial charge on any atom is -0.497 e. The first kappa shape index (κ1) is 37.4. The molecule has 0 bridgehead atoms. The number of ether oxygens (including phenoxy) is 6.